The fourth-order valence-corrected chi connectivity index (χ4v) is 5.98. The van der Waals surface area contributed by atoms with Gasteiger partial charge in [-0.25, -0.2) is 14.6 Å². The quantitative estimate of drug-likeness (QED) is 0.266. The summed E-state index contributed by atoms with van der Waals surface area (Å²) in [6.07, 6.45) is 3.12. The second kappa shape index (κ2) is 14.4. The van der Waals surface area contributed by atoms with Gasteiger partial charge in [0, 0.05) is 6.20 Å². The van der Waals surface area contributed by atoms with Crippen LogP contribution >= 0.6 is 27.3 Å². The first-order valence-corrected chi connectivity index (χ1v) is 15.0. The SMILES string of the molecule is CCOC(=O)COc1c(Br)cc(/C=c2\sc3n(c2=O)[C@@H](c2ccc(OCC)c(OCC)c2)C(C(=O)OC)=CN=3)cc1OC. The monoisotopic (exact) mass is 674 g/mol. The van der Waals surface area contributed by atoms with Gasteiger partial charge in [-0.2, -0.15) is 0 Å². The Labute approximate surface area is 260 Å². The number of esters is 2. The van der Waals surface area contributed by atoms with E-state index < -0.39 is 18.0 Å². The summed E-state index contributed by atoms with van der Waals surface area (Å²) in [5.74, 6) is 0.593. The minimum atomic E-state index is -0.819. The number of thiazole rings is 1. The molecule has 3 aromatic rings. The predicted octanol–water partition coefficient (Wildman–Crippen LogP) is 3.53. The first-order valence-electron chi connectivity index (χ1n) is 13.4. The Balaban J connectivity index is 1.81. The van der Waals surface area contributed by atoms with E-state index in [4.69, 9.17) is 28.4 Å². The van der Waals surface area contributed by atoms with Gasteiger partial charge in [0.1, 0.15) is 0 Å². The van der Waals surface area contributed by atoms with E-state index in [0.717, 1.165) is 0 Å². The molecule has 0 saturated carbocycles. The summed E-state index contributed by atoms with van der Waals surface area (Å²) in [6.45, 7) is 6.24. The number of carbonyl (C=O) groups is 2. The molecule has 1 aliphatic heterocycles. The Hall–Kier alpha value is -4.10. The van der Waals surface area contributed by atoms with Crippen molar-refractivity contribution >= 4 is 45.3 Å². The molecule has 0 N–H and O–H groups in total. The smallest absolute Gasteiger partial charge is 0.344 e. The van der Waals surface area contributed by atoms with Crippen LogP contribution in [0.2, 0.25) is 0 Å². The number of methoxy groups -OCH3 is 2. The maximum atomic E-state index is 13.9. The predicted molar refractivity (Wildman–Crippen MR) is 163 cm³/mol. The zero-order valence-electron chi connectivity index (χ0n) is 24.3. The minimum Gasteiger partial charge on any atom is -0.493 e. The highest BCUT2D eigenvalue weighted by Crippen LogP contribution is 2.37. The molecule has 0 amide bonds. The van der Waals surface area contributed by atoms with Crippen molar-refractivity contribution in [3.05, 3.63) is 77.4 Å². The van der Waals surface area contributed by atoms with E-state index in [-0.39, 0.29) is 24.3 Å². The maximum absolute atomic E-state index is 13.9. The molecule has 4 rings (SSSR count). The third kappa shape index (κ3) is 6.94. The lowest BCUT2D eigenvalue weighted by atomic mass is 9.97. The normalized spacial score (nSPS) is 14.2. The summed E-state index contributed by atoms with van der Waals surface area (Å²) >= 11 is 4.64. The van der Waals surface area contributed by atoms with E-state index in [0.29, 0.717) is 61.1 Å². The van der Waals surface area contributed by atoms with E-state index in [2.05, 4.69) is 20.9 Å². The van der Waals surface area contributed by atoms with Gasteiger partial charge in [0.05, 0.1) is 54.7 Å². The lowest BCUT2D eigenvalue weighted by molar-refractivity contribution is -0.145. The molecular formula is C30H31BrN2O9S. The van der Waals surface area contributed by atoms with Gasteiger partial charge in [0.15, 0.2) is 34.4 Å². The molecule has 0 unspecified atom stereocenters. The molecule has 1 aliphatic rings. The van der Waals surface area contributed by atoms with Crippen molar-refractivity contribution in [1.82, 2.24) is 4.57 Å². The molecule has 0 bridgehead atoms. The highest BCUT2D eigenvalue weighted by Gasteiger charge is 2.31. The van der Waals surface area contributed by atoms with Crippen molar-refractivity contribution in [2.75, 3.05) is 40.6 Å². The van der Waals surface area contributed by atoms with Gasteiger partial charge < -0.3 is 28.4 Å². The lowest BCUT2D eigenvalue weighted by Crippen LogP contribution is -2.39. The van der Waals surface area contributed by atoms with Gasteiger partial charge in [0.25, 0.3) is 5.56 Å². The van der Waals surface area contributed by atoms with Crippen molar-refractivity contribution in [3.8, 4) is 23.0 Å². The summed E-state index contributed by atoms with van der Waals surface area (Å²) in [7, 11) is 2.75. The summed E-state index contributed by atoms with van der Waals surface area (Å²) in [5, 5.41) is 0. The molecule has 0 saturated heterocycles. The average molecular weight is 676 g/mol. The van der Waals surface area contributed by atoms with E-state index in [1.807, 2.05) is 13.8 Å². The molecule has 228 valence electrons. The van der Waals surface area contributed by atoms with E-state index >= 15 is 0 Å². The first-order chi connectivity index (χ1) is 20.8. The summed E-state index contributed by atoms with van der Waals surface area (Å²) < 4.78 is 34.9. The number of nitrogens with zero attached hydrogens (tertiary/aromatic N) is 2. The van der Waals surface area contributed by atoms with Crippen LogP contribution in [-0.2, 0) is 19.1 Å². The molecule has 0 fully saturated rings. The highest BCUT2D eigenvalue weighted by molar-refractivity contribution is 9.10. The fraction of sp³-hybridized carbons (Fsp3) is 0.333. The molecule has 2 heterocycles. The molecule has 11 nitrogen and oxygen atoms in total. The van der Waals surface area contributed by atoms with Gasteiger partial charge >= 0.3 is 11.9 Å². The van der Waals surface area contributed by atoms with Crippen LogP contribution in [0.3, 0.4) is 0 Å². The van der Waals surface area contributed by atoms with Gasteiger partial charge in [-0.15, -0.1) is 0 Å². The largest absolute Gasteiger partial charge is 0.493 e. The van der Waals surface area contributed by atoms with Crippen molar-refractivity contribution < 1.29 is 38.0 Å². The molecule has 13 heteroatoms. The molecule has 2 aromatic carbocycles. The van der Waals surface area contributed by atoms with Crippen molar-refractivity contribution in [2.24, 2.45) is 4.99 Å². The number of benzene rings is 2. The number of rotatable bonds is 12. The van der Waals surface area contributed by atoms with Crippen molar-refractivity contribution in [3.63, 3.8) is 0 Å². The van der Waals surface area contributed by atoms with Crippen LogP contribution in [0, 0.1) is 0 Å². The number of hydrogen-bond donors (Lipinski definition) is 0. The second-order valence-corrected chi connectivity index (χ2v) is 10.7. The molecule has 0 radical (unpaired) electrons. The van der Waals surface area contributed by atoms with Gasteiger partial charge in [-0.05, 0) is 78.2 Å². The van der Waals surface area contributed by atoms with E-state index in [9.17, 15) is 14.4 Å². The molecule has 43 heavy (non-hydrogen) atoms. The summed E-state index contributed by atoms with van der Waals surface area (Å²) in [6, 6.07) is 7.90. The first kappa shape index (κ1) is 31.8. The van der Waals surface area contributed by atoms with Crippen LogP contribution in [0.25, 0.3) is 6.08 Å². The van der Waals surface area contributed by atoms with Crippen LogP contribution in [0.5, 0.6) is 23.0 Å². The minimum absolute atomic E-state index is 0.195. The Morgan fingerprint density at radius 1 is 1.00 bits per heavy atom. The third-order valence-corrected chi connectivity index (χ3v) is 7.78. The van der Waals surface area contributed by atoms with E-state index in [1.165, 1.54) is 36.3 Å². The van der Waals surface area contributed by atoms with Crippen molar-refractivity contribution in [1.29, 1.82) is 0 Å². The number of aromatic nitrogens is 1. The van der Waals surface area contributed by atoms with E-state index in [1.54, 1.807) is 43.3 Å². The van der Waals surface area contributed by atoms with Crippen LogP contribution in [0.1, 0.15) is 37.9 Å². The Bertz CT molecular complexity index is 1730. The maximum Gasteiger partial charge on any atom is 0.344 e. The van der Waals surface area contributed by atoms with Crippen LogP contribution in [0.4, 0.5) is 0 Å². The van der Waals surface area contributed by atoms with Gasteiger partial charge in [-0.3, -0.25) is 9.36 Å². The van der Waals surface area contributed by atoms with Crippen LogP contribution < -0.4 is 33.8 Å². The average Bonchev–Trinajstić information content (AvgIpc) is 3.31. The highest BCUT2D eigenvalue weighted by atomic mass is 79.9. The zero-order valence-corrected chi connectivity index (χ0v) is 26.7. The molecule has 0 spiro atoms. The molecule has 1 aromatic heterocycles. The standard InChI is InChI=1S/C30H31BrN2O9S/c1-6-39-21-10-9-18(14-22(21)40-7-2)26-19(29(36)38-5)15-32-30-33(26)28(35)24(43-30)13-17-11-20(31)27(23(12-17)37-4)42-16-25(34)41-8-3/h9-15,26H,6-8,16H2,1-5H3/b24-13-/t26-/m0/s1. The number of fused-ring (bicyclic) bond motifs is 1. The summed E-state index contributed by atoms with van der Waals surface area (Å²) in [5.41, 5.74) is 1.09. The Morgan fingerprint density at radius 2 is 1.74 bits per heavy atom. The van der Waals surface area contributed by atoms with Gasteiger partial charge in [-0.1, -0.05) is 17.4 Å². The Kier molecular flexibility index (Phi) is 10.6. The fourth-order valence-electron chi connectivity index (χ4n) is 4.44. The summed E-state index contributed by atoms with van der Waals surface area (Å²) in [4.78, 5) is 43.3. The van der Waals surface area contributed by atoms with Crippen LogP contribution in [0.15, 0.2) is 56.4 Å². The Morgan fingerprint density at radius 3 is 2.42 bits per heavy atom. The van der Waals surface area contributed by atoms with Gasteiger partial charge in [0.2, 0.25) is 0 Å². The second-order valence-electron chi connectivity index (χ2n) is 8.88. The molecular weight excluding hydrogens is 644 g/mol. The third-order valence-electron chi connectivity index (χ3n) is 6.20. The van der Waals surface area contributed by atoms with Crippen LogP contribution in [-0.4, -0.2) is 57.2 Å². The van der Waals surface area contributed by atoms with Crippen molar-refractivity contribution in [2.45, 2.75) is 26.8 Å². The topological polar surface area (TPSA) is 124 Å². The number of carbonyl (C=O) groups excluding carboxylic acids is 2. The number of ether oxygens (including phenoxy) is 6. The number of hydrogen-bond acceptors (Lipinski definition) is 11. The number of halogens is 1. The molecule has 0 aliphatic carbocycles. The molecule has 1 atom stereocenters. The lowest BCUT2D eigenvalue weighted by Gasteiger charge is -2.23. The zero-order chi connectivity index (χ0) is 31.1.